The van der Waals surface area contributed by atoms with E-state index >= 15 is 0 Å². The predicted molar refractivity (Wildman–Crippen MR) is 127 cm³/mol. The van der Waals surface area contributed by atoms with Crippen molar-refractivity contribution in [3.63, 3.8) is 0 Å². The van der Waals surface area contributed by atoms with Gasteiger partial charge in [0.15, 0.2) is 0 Å². The number of phenolic OH excluding ortho intramolecular Hbond substituents is 1. The van der Waals surface area contributed by atoms with E-state index < -0.39 is 0 Å². The molecule has 0 radical (unpaired) electrons. The largest absolute Gasteiger partial charge is 0.508 e. The number of likely N-dealkylation sites (tertiary alicyclic amines) is 1. The van der Waals surface area contributed by atoms with Gasteiger partial charge in [0.1, 0.15) is 5.75 Å². The van der Waals surface area contributed by atoms with E-state index in [0.717, 1.165) is 37.3 Å². The molecule has 1 aliphatic heterocycles. The number of hydrogen-bond acceptors (Lipinski definition) is 5. The molecule has 2 aromatic rings. The zero-order valence-corrected chi connectivity index (χ0v) is 18.4. The quantitative estimate of drug-likeness (QED) is 0.456. The highest BCUT2D eigenvalue weighted by Gasteiger charge is 2.27. The molecule has 1 saturated carbocycles. The average Bonchev–Trinajstić information content (AvgIpc) is 3.60. The monoisotopic (exact) mass is 418 g/mol. The molecule has 4 rings (SSSR count). The van der Waals surface area contributed by atoms with Gasteiger partial charge in [0, 0.05) is 24.0 Å². The highest BCUT2D eigenvalue weighted by Crippen LogP contribution is 2.43. The average molecular weight is 419 g/mol. The van der Waals surface area contributed by atoms with Crippen LogP contribution in [0, 0.1) is 0 Å². The molecule has 5 nitrogen and oxygen atoms in total. The number of nitrogens with zero attached hydrogens (tertiary/aromatic N) is 2. The van der Waals surface area contributed by atoms with E-state index in [9.17, 15) is 5.11 Å². The van der Waals surface area contributed by atoms with Crippen LogP contribution in [0.3, 0.4) is 0 Å². The summed E-state index contributed by atoms with van der Waals surface area (Å²) < 4.78 is 0. The number of aromatic hydroxyl groups is 1. The molecule has 1 heterocycles. The second-order valence-electron chi connectivity index (χ2n) is 8.79. The van der Waals surface area contributed by atoms with Crippen molar-refractivity contribution in [3.05, 3.63) is 83.2 Å². The molecule has 2 aliphatic rings. The Labute approximate surface area is 185 Å². The zero-order chi connectivity index (χ0) is 21.8. The van der Waals surface area contributed by atoms with E-state index in [1.54, 1.807) is 11.1 Å². The van der Waals surface area contributed by atoms with Gasteiger partial charge in [-0.1, -0.05) is 42.5 Å². The molecule has 31 heavy (non-hydrogen) atoms. The van der Waals surface area contributed by atoms with Crippen molar-refractivity contribution in [2.45, 2.75) is 44.4 Å². The lowest BCUT2D eigenvalue weighted by molar-refractivity contribution is 0.226. The Kier molecular flexibility index (Phi) is 6.64. The third kappa shape index (κ3) is 5.30. The van der Waals surface area contributed by atoms with Crippen LogP contribution in [0.4, 0.5) is 0 Å². The van der Waals surface area contributed by atoms with Gasteiger partial charge in [-0.15, -0.1) is 0 Å². The summed E-state index contributed by atoms with van der Waals surface area (Å²) in [6, 6.07) is 16.2. The van der Waals surface area contributed by atoms with Gasteiger partial charge in [-0.3, -0.25) is 9.91 Å². The van der Waals surface area contributed by atoms with Crippen molar-refractivity contribution < 1.29 is 5.11 Å². The Balaban J connectivity index is 1.36. The Bertz CT molecular complexity index is 955. The van der Waals surface area contributed by atoms with Crippen LogP contribution in [0.25, 0.3) is 5.70 Å². The van der Waals surface area contributed by atoms with E-state index in [1.807, 2.05) is 25.3 Å². The van der Waals surface area contributed by atoms with Gasteiger partial charge < -0.3 is 10.8 Å². The zero-order valence-electron chi connectivity index (χ0n) is 18.4. The lowest BCUT2D eigenvalue weighted by Gasteiger charge is -2.32. The first-order valence-electron chi connectivity index (χ1n) is 11.3. The van der Waals surface area contributed by atoms with Crippen LogP contribution in [-0.4, -0.2) is 34.6 Å². The number of benzene rings is 2. The van der Waals surface area contributed by atoms with Gasteiger partial charge in [0.2, 0.25) is 0 Å². The van der Waals surface area contributed by atoms with Crippen LogP contribution >= 0.6 is 0 Å². The Hall–Kier alpha value is -2.76. The van der Waals surface area contributed by atoms with Gasteiger partial charge in [-0.25, -0.2) is 5.84 Å². The van der Waals surface area contributed by atoms with E-state index in [0.29, 0.717) is 24.1 Å². The minimum absolute atomic E-state index is 0.346. The molecule has 5 heteroatoms. The van der Waals surface area contributed by atoms with E-state index in [2.05, 4.69) is 41.3 Å². The standard InChI is InChI=1S/C26H34N4O/c1-2-26(25-9-4-3-8-24(25)20-10-11-20)30(28)18-22(27)17-29-14-12-19(13-15-29)21-6-5-7-23(31)16-21/h2-9,16,18-20,31H,10-15,17,27-28H2,1H3/b22-18-,26-2+. The molecule has 0 aromatic heterocycles. The van der Waals surface area contributed by atoms with Crippen molar-refractivity contribution in [1.82, 2.24) is 9.91 Å². The van der Waals surface area contributed by atoms with E-state index in [4.69, 9.17) is 11.6 Å². The molecule has 2 aromatic carbocycles. The molecule has 2 fully saturated rings. The van der Waals surface area contributed by atoms with Gasteiger partial charge in [0.05, 0.1) is 5.70 Å². The van der Waals surface area contributed by atoms with Crippen LogP contribution in [0.1, 0.15) is 61.1 Å². The first kappa shape index (κ1) is 21.5. The Morgan fingerprint density at radius 2 is 1.81 bits per heavy atom. The molecule has 0 spiro atoms. The fourth-order valence-corrected chi connectivity index (χ4v) is 4.67. The number of piperidine rings is 1. The second kappa shape index (κ2) is 9.58. The SMILES string of the molecule is C/C=C(\c1ccccc1C1CC1)N(N)/C=C(\N)CN1CCC(c2cccc(O)c2)CC1. The van der Waals surface area contributed by atoms with Crippen LogP contribution in [-0.2, 0) is 0 Å². The van der Waals surface area contributed by atoms with Crippen molar-refractivity contribution >= 4 is 5.70 Å². The Morgan fingerprint density at radius 3 is 2.48 bits per heavy atom. The minimum atomic E-state index is 0.346. The Morgan fingerprint density at radius 1 is 1.06 bits per heavy atom. The van der Waals surface area contributed by atoms with Gasteiger partial charge >= 0.3 is 0 Å². The highest BCUT2D eigenvalue weighted by molar-refractivity contribution is 5.68. The number of nitrogens with two attached hydrogens (primary N) is 2. The normalized spacial score (nSPS) is 18.9. The smallest absolute Gasteiger partial charge is 0.115 e. The number of phenols is 1. The van der Waals surface area contributed by atoms with Crippen molar-refractivity contribution in [2.24, 2.45) is 11.6 Å². The molecule has 0 bridgehead atoms. The van der Waals surface area contributed by atoms with Crippen molar-refractivity contribution in [3.8, 4) is 5.75 Å². The molecule has 5 N–H and O–H groups in total. The molecule has 0 atom stereocenters. The first-order chi connectivity index (χ1) is 15.0. The summed E-state index contributed by atoms with van der Waals surface area (Å²) in [6.07, 6.45) is 8.58. The summed E-state index contributed by atoms with van der Waals surface area (Å²) in [6.45, 7) is 4.71. The van der Waals surface area contributed by atoms with E-state index in [-0.39, 0.29) is 0 Å². The summed E-state index contributed by atoms with van der Waals surface area (Å²) in [7, 11) is 0. The molecular formula is C26H34N4O. The van der Waals surface area contributed by atoms with Gasteiger partial charge in [0.25, 0.3) is 0 Å². The third-order valence-corrected chi connectivity index (χ3v) is 6.45. The number of hydrogen-bond donors (Lipinski definition) is 3. The predicted octanol–water partition coefficient (Wildman–Crippen LogP) is 4.49. The summed E-state index contributed by atoms with van der Waals surface area (Å²) in [5.41, 5.74) is 12.0. The fourth-order valence-electron chi connectivity index (χ4n) is 4.67. The number of rotatable bonds is 7. The highest BCUT2D eigenvalue weighted by atomic mass is 16.3. The summed E-state index contributed by atoms with van der Waals surface area (Å²) in [5, 5.41) is 11.4. The molecule has 1 aliphatic carbocycles. The molecule has 164 valence electrons. The maximum atomic E-state index is 9.74. The molecule has 0 unspecified atom stereocenters. The second-order valence-corrected chi connectivity index (χ2v) is 8.79. The molecule has 1 saturated heterocycles. The third-order valence-electron chi connectivity index (χ3n) is 6.45. The van der Waals surface area contributed by atoms with Crippen molar-refractivity contribution in [1.29, 1.82) is 0 Å². The van der Waals surface area contributed by atoms with Crippen LogP contribution < -0.4 is 11.6 Å². The lowest BCUT2D eigenvalue weighted by atomic mass is 9.89. The minimum Gasteiger partial charge on any atom is -0.508 e. The van der Waals surface area contributed by atoms with Crippen LogP contribution in [0.15, 0.2) is 66.5 Å². The molecule has 0 amide bonds. The van der Waals surface area contributed by atoms with Crippen LogP contribution in [0.5, 0.6) is 5.75 Å². The first-order valence-corrected chi connectivity index (χ1v) is 11.3. The fraction of sp³-hybridized carbons (Fsp3) is 0.385. The van der Waals surface area contributed by atoms with Gasteiger partial charge in [-0.2, -0.15) is 0 Å². The number of hydrazine groups is 1. The maximum Gasteiger partial charge on any atom is 0.115 e. The molecular weight excluding hydrogens is 384 g/mol. The maximum absolute atomic E-state index is 9.74. The number of allylic oxidation sites excluding steroid dienone is 1. The van der Waals surface area contributed by atoms with Crippen molar-refractivity contribution in [2.75, 3.05) is 19.6 Å². The van der Waals surface area contributed by atoms with E-state index in [1.165, 1.54) is 29.5 Å². The lowest BCUT2D eigenvalue weighted by Crippen LogP contribution is -2.36. The summed E-state index contributed by atoms with van der Waals surface area (Å²) in [4.78, 5) is 2.38. The summed E-state index contributed by atoms with van der Waals surface area (Å²) >= 11 is 0. The topological polar surface area (TPSA) is 78.8 Å². The van der Waals surface area contributed by atoms with Crippen LogP contribution in [0.2, 0.25) is 0 Å². The van der Waals surface area contributed by atoms with Gasteiger partial charge in [-0.05, 0) is 80.8 Å². The summed E-state index contributed by atoms with van der Waals surface area (Å²) in [5.74, 6) is 7.93.